The van der Waals surface area contributed by atoms with Crippen LogP contribution in [0.15, 0.2) is 60.7 Å². The monoisotopic (exact) mass is 380 g/mol. The molecule has 3 nitrogen and oxygen atoms in total. The molecule has 0 saturated heterocycles. The molecule has 1 aromatic heterocycles. The minimum absolute atomic E-state index is 0.0747. The van der Waals surface area contributed by atoms with Gasteiger partial charge in [0.05, 0.1) is 21.1 Å². The first-order chi connectivity index (χ1) is 13.2. The number of para-hydroxylation sites is 1. The third-order valence-corrected chi connectivity index (χ3v) is 6.19. The van der Waals surface area contributed by atoms with Gasteiger partial charge in [0, 0.05) is 12.5 Å². The number of nitrogens with one attached hydrogen (secondary N) is 1. The number of benzene rings is 2. The Balaban J connectivity index is 1.43. The quantitative estimate of drug-likeness (QED) is 0.643. The number of nitrogens with zero attached hydrogens (tertiary/aromatic N) is 1. The van der Waals surface area contributed by atoms with Gasteiger partial charge >= 0.3 is 0 Å². The van der Waals surface area contributed by atoms with E-state index in [1.807, 2.05) is 18.2 Å². The number of carbonyl (C=O) groups excluding carboxylic acids is 1. The van der Waals surface area contributed by atoms with Crippen molar-refractivity contribution in [2.24, 2.45) is 5.92 Å². The van der Waals surface area contributed by atoms with Gasteiger partial charge in [0.1, 0.15) is 5.82 Å². The summed E-state index contributed by atoms with van der Waals surface area (Å²) in [6.45, 7) is 0.553. The molecule has 1 N–H and O–H groups in total. The molecular weight excluding hydrogens is 359 g/mol. The molecule has 0 radical (unpaired) electrons. The van der Waals surface area contributed by atoms with Crippen LogP contribution >= 0.6 is 11.3 Å². The third kappa shape index (κ3) is 4.08. The Kier molecular flexibility index (Phi) is 5.30. The highest BCUT2D eigenvalue weighted by atomic mass is 32.1. The zero-order chi connectivity index (χ0) is 18.6. The van der Waals surface area contributed by atoms with E-state index < -0.39 is 0 Å². The second kappa shape index (κ2) is 8.01. The number of amides is 1. The van der Waals surface area contributed by atoms with Crippen LogP contribution in [-0.2, 0) is 11.2 Å². The average Bonchev–Trinajstić information content (AvgIpc) is 3.13. The van der Waals surface area contributed by atoms with Crippen LogP contribution < -0.4 is 5.32 Å². The summed E-state index contributed by atoms with van der Waals surface area (Å²) in [5.41, 5.74) is 2.02. The zero-order valence-corrected chi connectivity index (χ0v) is 15.7. The van der Waals surface area contributed by atoms with Gasteiger partial charge in [0.15, 0.2) is 0 Å². The van der Waals surface area contributed by atoms with E-state index in [1.165, 1.54) is 12.1 Å². The lowest BCUT2D eigenvalue weighted by atomic mass is 9.82. The van der Waals surface area contributed by atoms with Crippen molar-refractivity contribution in [2.45, 2.75) is 25.2 Å². The molecule has 1 heterocycles. The lowest BCUT2D eigenvalue weighted by molar-refractivity contribution is -0.125. The minimum atomic E-state index is -0.240. The molecular formula is C22H21FN2OS. The smallest absolute Gasteiger partial charge is 0.224 e. The summed E-state index contributed by atoms with van der Waals surface area (Å²) in [4.78, 5) is 17.6. The molecule has 0 aliphatic heterocycles. The molecule has 27 heavy (non-hydrogen) atoms. The summed E-state index contributed by atoms with van der Waals surface area (Å²) in [5, 5.41) is 4.10. The van der Waals surface area contributed by atoms with Crippen molar-refractivity contribution in [1.29, 1.82) is 0 Å². The molecule has 0 spiro atoms. The molecule has 0 unspecified atom stereocenters. The Morgan fingerprint density at radius 2 is 1.89 bits per heavy atom. The first-order valence-corrected chi connectivity index (χ1v) is 10.0. The highest BCUT2D eigenvalue weighted by molar-refractivity contribution is 7.18. The third-order valence-electron chi connectivity index (χ3n) is 5.02. The van der Waals surface area contributed by atoms with Crippen LogP contribution in [0.2, 0.25) is 0 Å². The topological polar surface area (TPSA) is 42.0 Å². The highest BCUT2D eigenvalue weighted by Gasteiger charge is 2.32. The molecule has 2 aromatic carbocycles. The van der Waals surface area contributed by atoms with E-state index in [9.17, 15) is 9.18 Å². The van der Waals surface area contributed by atoms with Gasteiger partial charge in [0.2, 0.25) is 5.91 Å². The molecule has 0 bridgehead atoms. The van der Waals surface area contributed by atoms with Gasteiger partial charge in [-0.25, -0.2) is 9.37 Å². The van der Waals surface area contributed by atoms with Crippen LogP contribution in [0.3, 0.4) is 0 Å². The van der Waals surface area contributed by atoms with E-state index in [-0.39, 0.29) is 23.6 Å². The van der Waals surface area contributed by atoms with Gasteiger partial charge in [-0.05, 0) is 49.1 Å². The maximum absolute atomic E-state index is 13.0. The maximum Gasteiger partial charge on any atom is 0.224 e. The predicted octanol–water partition coefficient (Wildman–Crippen LogP) is 4.84. The molecule has 1 aliphatic carbocycles. The van der Waals surface area contributed by atoms with Crippen molar-refractivity contribution in [1.82, 2.24) is 10.3 Å². The Morgan fingerprint density at radius 3 is 2.70 bits per heavy atom. The van der Waals surface area contributed by atoms with Gasteiger partial charge in [-0.1, -0.05) is 36.4 Å². The second-order valence-corrected chi connectivity index (χ2v) is 7.91. The number of allylic oxidation sites excluding steroid dienone is 2. The molecule has 0 saturated carbocycles. The number of fused-ring (bicyclic) bond motifs is 1. The fourth-order valence-electron chi connectivity index (χ4n) is 3.54. The molecule has 2 atom stereocenters. The van der Waals surface area contributed by atoms with Crippen LogP contribution in [0.25, 0.3) is 10.2 Å². The van der Waals surface area contributed by atoms with Crippen molar-refractivity contribution < 1.29 is 9.18 Å². The Hall–Kier alpha value is -2.53. The first kappa shape index (κ1) is 17.9. The summed E-state index contributed by atoms with van der Waals surface area (Å²) in [5.74, 6) is -0.136. The van der Waals surface area contributed by atoms with Crippen molar-refractivity contribution in [3.8, 4) is 0 Å². The van der Waals surface area contributed by atoms with Gasteiger partial charge < -0.3 is 5.32 Å². The van der Waals surface area contributed by atoms with Gasteiger partial charge in [-0.3, -0.25) is 4.79 Å². The van der Waals surface area contributed by atoms with E-state index in [1.54, 1.807) is 23.5 Å². The maximum atomic E-state index is 13.0. The number of hydrogen-bond acceptors (Lipinski definition) is 3. The first-order valence-electron chi connectivity index (χ1n) is 9.23. The van der Waals surface area contributed by atoms with E-state index >= 15 is 0 Å². The Bertz CT molecular complexity index is 931. The van der Waals surface area contributed by atoms with Crippen molar-refractivity contribution in [3.05, 3.63) is 77.1 Å². The van der Waals surface area contributed by atoms with Crippen LogP contribution in [0.5, 0.6) is 0 Å². The molecule has 5 heteroatoms. The number of carbonyl (C=O) groups is 1. The van der Waals surface area contributed by atoms with E-state index in [0.29, 0.717) is 13.0 Å². The zero-order valence-electron chi connectivity index (χ0n) is 14.9. The second-order valence-electron chi connectivity index (χ2n) is 6.84. The van der Waals surface area contributed by atoms with Crippen molar-refractivity contribution in [2.75, 3.05) is 6.54 Å². The molecule has 0 fully saturated rings. The normalized spacial score (nSPS) is 19.3. The highest BCUT2D eigenvalue weighted by Crippen LogP contribution is 2.38. The number of halogens is 1. The Labute approximate surface area is 161 Å². The van der Waals surface area contributed by atoms with Crippen LogP contribution in [0.4, 0.5) is 4.39 Å². The number of hydrogen-bond donors (Lipinski definition) is 1. The number of thiazole rings is 1. The summed E-state index contributed by atoms with van der Waals surface area (Å²) in [7, 11) is 0. The largest absolute Gasteiger partial charge is 0.356 e. The van der Waals surface area contributed by atoms with Gasteiger partial charge in [-0.15, -0.1) is 11.3 Å². The summed E-state index contributed by atoms with van der Waals surface area (Å²) < 4.78 is 14.1. The van der Waals surface area contributed by atoms with E-state index in [0.717, 1.165) is 33.6 Å². The van der Waals surface area contributed by atoms with E-state index in [2.05, 4.69) is 23.5 Å². The molecule has 1 amide bonds. The number of rotatable bonds is 5. The lowest BCUT2D eigenvalue weighted by Gasteiger charge is -2.26. The standard InChI is InChI=1S/C22H21FN2OS/c23-16-11-9-15(10-12-16)13-14-24-21(26)17-5-1-2-6-18(17)22-25-19-7-3-4-8-20(19)27-22/h1-4,7-12,17-18H,5-6,13-14H2,(H,24,26)/t17-,18-/m1/s1. The number of aromatic nitrogens is 1. The van der Waals surface area contributed by atoms with E-state index in [4.69, 9.17) is 4.98 Å². The predicted molar refractivity (Wildman–Crippen MR) is 107 cm³/mol. The SMILES string of the molecule is O=C(NCCc1ccc(F)cc1)[C@@H]1CC=CC[C@H]1c1nc2ccccc2s1. The molecule has 3 aromatic rings. The lowest BCUT2D eigenvalue weighted by Crippen LogP contribution is -2.36. The summed E-state index contributed by atoms with van der Waals surface area (Å²) >= 11 is 1.69. The molecule has 1 aliphatic rings. The molecule has 138 valence electrons. The van der Waals surface area contributed by atoms with Crippen molar-refractivity contribution in [3.63, 3.8) is 0 Å². The fourth-order valence-corrected chi connectivity index (χ4v) is 4.68. The average molecular weight is 380 g/mol. The van der Waals surface area contributed by atoms with Crippen LogP contribution in [-0.4, -0.2) is 17.4 Å². The van der Waals surface area contributed by atoms with Crippen LogP contribution in [0, 0.1) is 11.7 Å². The summed E-state index contributed by atoms with van der Waals surface area (Å²) in [6, 6.07) is 14.5. The summed E-state index contributed by atoms with van der Waals surface area (Å²) in [6.07, 6.45) is 6.52. The fraction of sp³-hybridized carbons (Fsp3) is 0.273. The van der Waals surface area contributed by atoms with Gasteiger partial charge in [0.25, 0.3) is 0 Å². The molecule has 4 rings (SSSR count). The van der Waals surface area contributed by atoms with Crippen LogP contribution in [0.1, 0.15) is 29.3 Å². The van der Waals surface area contributed by atoms with Gasteiger partial charge in [-0.2, -0.15) is 0 Å². The minimum Gasteiger partial charge on any atom is -0.356 e. The Morgan fingerprint density at radius 1 is 1.11 bits per heavy atom. The van der Waals surface area contributed by atoms with Crippen molar-refractivity contribution >= 4 is 27.5 Å².